The third-order valence-corrected chi connectivity index (χ3v) is 2.32. The minimum Gasteiger partial charge on any atom is -0.466 e. The van der Waals surface area contributed by atoms with E-state index in [-0.39, 0.29) is 56.1 Å². The topological polar surface area (TPSA) is 80.7 Å². The van der Waals surface area contributed by atoms with Crippen molar-refractivity contribution in [1.82, 2.24) is 0 Å². The molecule has 0 aromatic heterocycles. The van der Waals surface area contributed by atoms with Gasteiger partial charge in [0.1, 0.15) is 0 Å². The summed E-state index contributed by atoms with van der Waals surface area (Å²) in [6, 6.07) is 0. The van der Waals surface area contributed by atoms with Gasteiger partial charge in [-0.25, -0.2) is 0 Å². The van der Waals surface area contributed by atoms with Gasteiger partial charge >= 0.3 is 5.97 Å². The van der Waals surface area contributed by atoms with Crippen LogP contribution in [0.2, 0.25) is 0 Å². The zero-order valence-electron chi connectivity index (χ0n) is 8.94. The second-order valence-electron chi connectivity index (χ2n) is 2.96. The fourth-order valence-corrected chi connectivity index (χ4v) is 1.42. The molecule has 0 aromatic carbocycles. The van der Waals surface area contributed by atoms with Crippen LogP contribution in [0.15, 0.2) is 0 Å². The molecule has 0 aliphatic rings. The van der Waals surface area contributed by atoms with Gasteiger partial charge in [-0.3, -0.25) is 9.35 Å². The predicted molar refractivity (Wildman–Crippen MR) is 57.3 cm³/mol. The Bertz CT molecular complexity index is 262. The number of ether oxygens (including phenoxy) is 1. The Kier molecular flexibility index (Phi) is 11.8. The van der Waals surface area contributed by atoms with Crippen molar-refractivity contribution in [2.45, 2.75) is 32.6 Å². The molecule has 0 fully saturated rings. The SMILES string of the molecule is CCCC(=O)OCCCCS(=O)(=O)O.[Ca]. The molecular weight excluding hydrogens is 248 g/mol. The van der Waals surface area contributed by atoms with Gasteiger partial charge in [0.25, 0.3) is 10.1 Å². The van der Waals surface area contributed by atoms with Crippen molar-refractivity contribution in [3.63, 3.8) is 0 Å². The molecule has 0 saturated carbocycles. The van der Waals surface area contributed by atoms with E-state index in [4.69, 9.17) is 9.29 Å². The molecule has 0 heterocycles. The first-order chi connectivity index (χ1) is 6.45. The van der Waals surface area contributed by atoms with Crippen LogP contribution in [-0.4, -0.2) is 69.0 Å². The minimum absolute atomic E-state index is 0. The van der Waals surface area contributed by atoms with Crippen LogP contribution in [-0.2, 0) is 19.6 Å². The summed E-state index contributed by atoms with van der Waals surface area (Å²) < 4.78 is 33.7. The molecule has 0 atom stereocenters. The summed E-state index contributed by atoms with van der Waals surface area (Å²) in [6.45, 7) is 2.09. The maximum Gasteiger partial charge on any atom is 0.305 e. The fourth-order valence-electron chi connectivity index (χ4n) is 0.849. The van der Waals surface area contributed by atoms with Gasteiger partial charge in [-0.15, -0.1) is 0 Å². The molecule has 1 N–H and O–H groups in total. The number of hydrogen-bond donors (Lipinski definition) is 1. The first-order valence-corrected chi connectivity index (χ1v) is 6.17. The summed E-state index contributed by atoms with van der Waals surface area (Å²) in [5, 5.41) is 0. The number of unbranched alkanes of at least 4 members (excludes halogenated alkanes) is 1. The third kappa shape index (κ3) is 14.6. The Morgan fingerprint density at radius 3 is 2.40 bits per heavy atom. The standard InChI is InChI=1S/C8H16O5S.Ca/c1-2-5-8(9)13-6-3-4-7-14(10,11)12;/h2-7H2,1H3,(H,10,11,12);. The van der Waals surface area contributed by atoms with Gasteiger partial charge in [0, 0.05) is 44.2 Å². The van der Waals surface area contributed by atoms with E-state index in [0.29, 0.717) is 19.3 Å². The smallest absolute Gasteiger partial charge is 0.305 e. The Labute approximate surface area is 120 Å². The summed E-state index contributed by atoms with van der Waals surface area (Å²) in [6.07, 6.45) is 1.88. The van der Waals surface area contributed by atoms with E-state index in [1.807, 2.05) is 6.92 Å². The molecule has 0 amide bonds. The van der Waals surface area contributed by atoms with Crippen molar-refractivity contribution in [3.05, 3.63) is 0 Å². The maximum absolute atomic E-state index is 10.8. The van der Waals surface area contributed by atoms with E-state index in [9.17, 15) is 13.2 Å². The Hall–Kier alpha value is 0.640. The van der Waals surface area contributed by atoms with Gasteiger partial charge in [0.05, 0.1) is 12.4 Å². The van der Waals surface area contributed by atoms with Gasteiger partial charge in [-0.05, 0) is 19.3 Å². The predicted octanol–water partition coefficient (Wildman–Crippen LogP) is 0.617. The number of carbonyl (C=O) groups is 1. The van der Waals surface area contributed by atoms with Gasteiger partial charge < -0.3 is 4.74 Å². The Morgan fingerprint density at radius 2 is 1.93 bits per heavy atom. The minimum atomic E-state index is -3.88. The molecule has 0 aliphatic carbocycles. The van der Waals surface area contributed by atoms with E-state index in [1.54, 1.807) is 0 Å². The molecule has 0 rings (SSSR count). The monoisotopic (exact) mass is 264 g/mol. The first kappa shape index (κ1) is 18.0. The van der Waals surface area contributed by atoms with Crippen LogP contribution < -0.4 is 0 Å². The molecular formula is C8H16CaO5S. The van der Waals surface area contributed by atoms with Crippen molar-refractivity contribution < 1.29 is 22.5 Å². The van der Waals surface area contributed by atoms with E-state index >= 15 is 0 Å². The van der Waals surface area contributed by atoms with Crippen molar-refractivity contribution in [1.29, 1.82) is 0 Å². The molecule has 0 aromatic rings. The Balaban J connectivity index is 0. The molecule has 86 valence electrons. The Morgan fingerprint density at radius 1 is 1.33 bits per heavy atom. The van der Waals surface area contributed by atoms with Crippen molar-refractivity contribution in [3.8, 4) is 0 Å². The molecule has 0 spiro atoms. The second-order valence-corrected chi connectivity index (χ2v) is 4.54. The van der Waals surface area contributed by atoms with Crippen LogP contribution in [0.3, 0.4) is 0 Å². The number of hydrogen-bond acceptors (Lipinski definition) is 4. The summed E-state index contributed by atoms with van der Waals surface area (Å²) >= 11 is 0. The average molecular weight is 264 g/mol. The van der Waals surface area contributed by atoms with Crippen LogP contribution in [0, 0.1) is 0 Å². The number of esters is 1. The molecule has 15 heavy (non-hydrogen) atoms. The van der Waals surface area contributed by atoms with Gasteiger partial charge in [-0.1, -0.05) is 6.92 Å². The summed E-state index contributed by atoms with van der Waals surface area (Å²) in [4.78, 5) is 10.8. The van der Waals surface area contributed by atoms with Crippen LogP contribution in [0.1, 0.15) is 32.6 Å². The second kappa shape index (κ2) is 9.84. The molecule has 0 bridgehead atoms. The maximum atomic E-state index is 10.8. The van der Waals surface area contributed by atoms with Crippen molar-refractivity contribution in [2.24, 2.45) is 0 Å². The zero-order chi connectivity index (χ0) is 11.0. The van der Waals surface area contributed by atoms with E-state index in [1.165, 1.54) is 0 Å². The molecule has 2 radical (unpaired) electrons. The molecule has 0 aliphatic heterocycles. The van der Waals surface area contributed by atoms with Crippen LogP contribution in [0.4, 0.5) is 0 Å². The van der Waals surface area contributed by atoms with Crippen molar-refractivity contribution >= 4 is 53.8 Å². The zero-order valence-corrected chi connectivity index (χ0v) is 12.0. The first-order valence-electron chi connectivity index (χ1n) is 4.56. The summed E-state index contributed by atoms with van der Waals surface area (Å²) in [5.74, 6) is -0.544. The van der Waals surface area contributed by atoms with Crippen LogP contribution in [0.5, 0.6) is 0 Å². The normalized spacial score (nSPS) is 10.5. The van der Waals surface area contributed by atoms with Gasteiger partial charge in [0.2, 0.25) is 0 Å². The fraction of sp³-hybridized carbons (Fsp3) is 0.875. The quantitative estimate of drug-likeness (QED) is 0.315. The van der Waals surface area contributed by atoms with Crippen LogP contribution >= 0.6 is 0 Å². The summed E-state index contributed by atoms with van der Waals surface area (Å²) in [5.41, 5.74) is 0. The van der Waals surface area contributed by atoms with E-state index in [2.05, 4.69) is 0 Å². The van der Waals surface area contributed by atoms with Crippen molar-refractivity contribution in [2.75, 3.05) is 12.4 Å². The van der Waals surface area contributed by atoms with Gasteiger partial charge in [-0.2, -0.15) is 8.42 Å². The van der Waals surface area contributed by atoms with E-state index < -0.39 is 10.1 Å². The molecule has 0 unspecified atom stereocenters. The number of rotatable bonds is 7. The van der Waals surface area contributed by atoms with E-state index in [0.717, 1.165) is 6.42 Å². The molecule has 0 saturated heterocycles. The molecule has 5 nitrogen and oxygen atoms in total. The molecule has 7 heteroatoms. The summed E-state index contributed by atoms with van der Waals surface area (Å²) in [7, 11) is -3.88. The third-order valence-electron chi connectivity index (χ3n) is 1.51. The van der Waals surface area contributed by atoms with Gasteiger partial charge in [0.15, 0.2) is 0 Å². The largest absolute Gasteiger partial charge is 0.466 e. The average Bonchev–Trinajstić information content (AvgIpc) is 2.02. The van der Waals surface area contributed by atoms with Crippen LogP contribution in [0.25, 0.3) is 0 Å². The number of carbonyl (C=O) groups excluding carboxylic acids is 1.